The molecule has 0 saturated heterocycles. The molecule has 3 aromatic rings. The Morgan fingerprint density at radius 3 is 2.30 bits per heavy atom. The zero-order chi connectivity index (χ0) is 23.6. The van der Waals surface area contributed by atoms with Gasteiger partial charge in [0, 0.05) is 35.6 Å². The molecule has 8 heteroatoms. The van der Waals surface area contributed by atoms with Crippen LogP contribution in [0.25, 0.3) is 0 Å². The van der Waals surface area contributed by atoms with Crippen molar-refractivity contribution in [3.05, 3.63) is 83.8 Å². The lowest BCUT2D eigenvalue weighted by Gasteiger charge is -2.18. The van der Waals surface area contributed by atoms with E-state index < -0.39 is 0 Å². The first kappa shape index (κ1) is 23.6. The Morgan fingerprint density at radius 1 is 0.879 bits per heavy atom. The minimum absolute atomic E-state index is 0.0163. The van der Waals surface area contributed by atoms with E-state index in [-0.39, 0.29) is 30.8 Å². The topological polar surface area (TPSA) is 104 Å². The molecule has 1 aromatic heterocycles. The van der Waals surface area contributed by atoms with Crippen LogP contribution in [0.3, 0.4) is 0 Å². The molecule has 0 aliphatic carbocycles. The molecule has 1 heterocycles. The molecule has 172 valence electrons. The second-order valence-corrected chi connectivity index (χ2v) is 7.30. The number of rotatable bonds is 10. The average Bonchev–Trinajstić information content (AvgIpc) is 3.36. The van der Waals surface area contributed by atoms with Crippen LogP contribution < -0.4 is 16.0 Å². The van der Waals surface area contributed by atoms with E-state index in [2.05, 4.69) is 16.0 Å². The number of nitrogens with one attached hydrogen (secondary N) is 3. The summed E-state index contributed by atoms with van der Waals surface area (Å²) in [5, 5.41) is 8.58. The third-order valence-corrected chi connectivity index (χ3v) is 5.05. The van der Waals surface area contributed by atoms with Crippen molar-refractivity contribution in [1.29, 1.82) is 0 Å². The van der Waals surface area contributed by atoms with Crippen molar-refractivity contribution in [3.8, 4) is 0 Å². The maximum absolute atomic E-state index is 12.4. The van der Waals surface area contributed by atoms with Crippen LogP contribution in [0.15, 0.2) is 71.3 Å². The van der Waals surface area contributed by atoms with Crippen molar-refractivity contribution < 1.29 is 18.8 Å². The number of furan rings is 1. The minimum Gasteiger partial charge on any atom is -0.467 e. The number of amides is 3. The SMILES string of the molecule is CCN(CC)C(=O)c1ccc(NCC(=O)Nc2cccc(C(=O)NCc3ccco3)c2)cc1. The van der Waals surface area contributed by atoms with Crippen LogP contribution in [0.4, 0.5) is 11.4 Å². The van der Waals surface area contributed by atoms with Gasteiger partial charge in [-0.3, -0.25) is 14.4 Å². The van der Waals surface area contributed by atoms with Gasteiger partial charge >= 0.3 is 0 Å². The van der Waals surface area contributed by atoms with Gasteiger partial charge in [0.2, 0.25) is 5.91 Å². The van der Waals surface area contributed by atoms with Crippen LogP contribution in [0.2, 0.25) is 0 Å². The van der Waals surface area contributed by atoms with Gasteiger partial charge in [0.15, 0.2) is 0 Å². The largest absolute Gasteiger partial charge is 0.467 e. The summed E-state index contributed by atoms with van der Waals surface area (Å²) in [5.74, 6) is 0.119. The summed E-state index contributed by atoms with van der Waals surface area (Å²) in [6.07, 6.45) is 1.55. The average molecular weight is 449 g/mol. The van der Waals surface area contributed by atoms with Crippen molar-refractivity contribution in [3.63, 3.8) is 0 Å². The first-order valence-electron chi connectivity index (χ1n) is 10.8. The Hall–Kier alpha value is -4.07. The second-order valence-electron chi connectivity index (χ2n) is 7.30. The van der Waals surface area contributed by atoms with Crippen molar-refractivity contribution in [2.75, 3.05) is 30.3 Å². The molecule has 0 aliphatic rings. The van der Waals surface area contributed by atoms with Crippen molar-refractivity contribution in [2.24, 2.45) is 0 Å². The van der Waals surface area contributed by atoms with E-state index in [0.717, 1.165) is 5.69 Å². The Bertz CT molecular complexity index is 1070. The van der Waals surface area contributed by atoms with Gasteiger partial charge in [-0.2, -0.15) is 0 Å². The van der Waals surface area contributed by atoms with E-state index in [9.17, 15) is 14.4 Å². The van der Waals surface area contributed by atoms with Crippen LogP contribution >= 0.6 is 0 Å². The highest BCUT2D eigenvalue weighted by Gasteiger charge is 2.12. The molecule has 33 heavy (non-hydrogen) atoms. The lowest BCUT2D eigenvalue weighted by atomic mass is 10.1. The van der Waals surface area contributed by atoms with Crippen LogP contribution in [0, 0.1) is 0 Å². The van der Waals surface area contributed by atoms with Crippen molar-refractivity contribution >= 4 is 29.1 Å². The van der Waals surface area contributed by atoms with Gasteiger partial charge in [0.05, 0.1) is 19.4 Å². The molecule has 0 radical (unpaired) electrons. The van der Waals surface area contributed by atoms with E-state index in [1.807, 2.05) is 13.8 Å². The summed E-state index contributed by atoms with van der Waals surface area (Å²) in [6.45, 7) is 5.52. The highest BCUT2D eigenvalue weighted by atomic mass is 16.3. The summed E-state index contributed by atoms with van der Waals surface area (Å²) in [4.78, 5) is 38.8. The molecule has 0 fully saturated rings. The van der Waals surface area contributed by atoms with Gasteiger partial charge in [-0.15, -0.1) is 0 Å². The first-order valence-corrected chi connectivity index (χ1v) is 10.8. The van der Waals surface area contributed by atoms with Crippen molar-refractivity contribution in [2.45, 2.75) is 20.4 Å². The Balaban J connectivity index is 1.50. The monoisotopic (exact) mass is 448 g/mol. The van der Waals surface area contributed by atoms with Gasteiger partial charge in [-0.25, -0.2) is 0 Å². The fourth-order valence-corrected chi connectivity index (χ4v) is 3.23. The number of benzene rings is 2. The molecule has 2 aromatic carbocycles. The third-order valence-electron chi connectivity index (χ3n) is 5.05. The first-order chi connectivity index (χ1) is 16.0. The Kier molecular flexibility index (Phi) is 8.24. The predicted octanol–water partition coefficient (Wildman–Crippen LogP) is 3.74. The van der Waals surface area contributed by atoms with Crippen LogP contribution in [-0.4, -0.2) is 42.3 Å². The molecule has 0 atom stereocenters. The fourth-order valence-electron chi connectivity index (χ4n) is 3.23. The Morgan fingerprint density at radius 2 is 1.64 bits per heavy atom. The molecule has 3 rings (SSSR count). The summed E-state index contributed by atoms with van der Waals surface area (Å²) < 4.78 is 5.20. The molecule has 0 bridgehead atoms. The number of anilines is 2. The molecule has 0 aliphatic heterocycles. The summed E-state index contributed by atoms with van der Waals surface area (Å²) in [6, 6.07) is 17.3. The van der Waals surface area contributed by atoms with E-state index in [4.69, 9.17) is 4.42 Å². The van der Waals surface area contributed by atoms with Crippen molar-refractivity contribution in [1.82, 2.24) is 10.2 Å². The maximum atomic E-state index is 12.4. The zero-order valence-corrected chi connectivity index (χ0v) is 18.8. The molecule has 3 amide bonds. The zero-order valence-electron chi connectivity index (χ0n) is 18.8. The number of hydrogen-bond acceptors (Lipinski definition) is 5. The summed E-state index contributed by atoms with van der Waals surface area (Å²) in [5.41, 5.74) is 2.29. The van der Waals surface area contributed by atoms with E-state index >= 15 is 0 Å². The van der Waals surface area contributed by atoms with Crippen LogP contribution in [0.5, 0.6) is 0 Å². The highest BCUT2D eigenvalue weighted by Crippen LogP contribution is 2.13. The lowest BCUT2D eigenvalue weighted by Crippen LogP contribution is -2.30. The second kappa shape index (κ2) is 11.5. The van der Waals surface area contributed by atoms with Crippen LogP contribution in [-0.2, 0) is 11.3 Å². The van der Waals surface area contributed by atoms with E-state index in [1.165, 1.54) is 0 Å². The van der Waals surface area contributed by atoms with Crippen LogP contribution in [0.1, 0.15) is 40.3 Å². The number of hydrogen-bond donors (Lipinski definition) is 3. The molecule has 3 N–H and O–H groups in total. The van der Waals surface area contributed by atoms with Gasteiger partial charge in [0.25, 0.3) is 11.8 Å². The van der Waals surface area contributed by atoms with E-state index in [0.29, 0.717) is 35.7 Å². The van der Waals surface area contributed by atoms with Gasteiger partial charge in [-0.1, -0.05) is 6.07 Å². The van der Waals surface area contributed by atoms with Gasteiger partial charge < -0.3 is 25.3 Å². The normalized spacial score (nSPS) is 10.4. The minimum atomic E-state index is -0.264. The molecule has 0 saturated carbocycles. The smallest absolute Gasteiger partial charge is 0.253 e. The predicted molar refractivity (Wildman–Crippen MR) is 127 cm³/mol. The number of carbonyl (C=O) groups excluding carboxylic acids is 3. The number of nitrogens with zero attached hydrogens (tertiary/aromatic N) is 1. The third kappa shape index (κ3) is 6.70. The molecular formula is C25H28N4O4. The number of carbonyl (C=O) groups is 3. The summed E-state index contributed by atoms with van der Waals surface area (Å²) >= 11 is 0. The maximum Gasteiger partial charge on any atom is 0.253 e. The standard InChI is InChI=1S/C25H28N4O4/c1-3-29(4-2)25(32)18-10-12-20(13-11-18)26-17-23(30)28-21-8-5-7-19(15-21)24(31)27-16-22-9-6-14-33-22/h5-15,26H,3-4,16-17H2,1-2H3,(H,27,31)(H,28,30). The fraction of sp³-hybridized carbons (Fsp3) is 0.240. The molecule has 8 nitrogen and oxygen atoms in total. The Labute approximate surface area is 193 Å². The van der Waals surface area contributed by atoms with Gasteiger partial charge in [0.1, 0.15) is 5.76 Å². The summed E-state index contributed by atoms with van der Waals surface area (Å²) in [7, 11) is 0. The van der Waals surface area contributed by atoms with E-state index in [1.54, 1.807) is 71.8 Å². The molecule has 0 unspecified atom stereocenters. The highest BCUT2D eigenvalue weighted by molar-refractivity contribution is 5.98. The quantitative estimate of drug-likeness (QED) is 0.438. The molecular weight excluding hydrogens is 420 g/mol. The lowest BCUT2D eigenvalue weighted by molar-refractivity contribution is -0.114. The van der Waals surface area contributed by atoms with Gasteiger partial charge in [-0.05, 0) is 68.4 Å². The molecule has 0 spiro atoms.